The second-order valence-corrected chi connectivity index (χ2v) is 14.3. The molecule has 0 saturated carbocycles. The Morgan fingerprint density at radius 2 is 1.00 bits per heavy atom. The van der Waals surface area contributed by atoms with Crippen molar-refractivity contribution in [3.05, 3.63) is 53.3 Å². The van der Waals surface area contributed by atoms with Crippen LogP contribution in [0.2, 0.25) is 0 Å². The fourth-order valence-electron chi connectivity index (χ4n) is 4.91. The van der Waals surface area contributed by atoms with Crippen molar-refractivity contribution in [2.45, 2.75) is 31.5 Å². The van der Waals surface area contributed by atoms with Crippen molar-refractivity contribution in [2.24, 2.45) is 0 Å². The van der Waals surface area contributed by atoms with Gasteiger partial charge in [-0.15, -0.1) is 0 Å². The van der Waals surface area contributed by atoms with Gasteiger partial charge >= 0.3 is 0 Å². The summed E-state index contributed by atoms with van der Waals surface area (Å²) in [6, 6.07) is 8.23. The Labute approximate surface area is 276 Å². The summed E-state index contributed by atoms with van der Waals surface area (Å²) < 4.78 is 26.0. The zero-order valence-electron chi connectivity index (χ0n) is 23.4. The van der Waals surface area contributed by atoms with E-state index in [1.165, 1.54) is 0 Å². The van der Waals surface area contributed by atoms with Gasteiger partial charge in [-0.1, -0.05) is 13.8 Å². The Bertz CT molecular complexity index is 1020. The van der Waals surface area contributed by atoms with Gasteiger partial charge in [-0.25, -0.2) is 0 Å². The maximum absolute atomic E-state index is 10.5. The van der Waals surface area contributed by atoms with Gasteiger partial charge in [0.1, 0.15) is 36.9 Å². The highest BCUT2D eigenvalue weighted by atomic mass is 79.9. The molecule has 2 fully saturated rings. The number of hydrogen-bond acceptors (Lipinski definition) is 8. The number of β-amino-alcohol motifs (C(OH)–C–C–N with tert-alkyl or cyclic N) is 2. The number of rotatable bonds is 12. The Morgan fingerprint density at radius 1 is 0.683 bits per heavy atom. The van der Waals surface area contributed by atoms with Crippen LogP contribution in [-0.4, -0.2) is 111 Å². The van der Waals surface area contributed by atoms with E-state index in [9.17, 15) is 10.2 Å². The van der Waals surface area contributed by atoms with E-state index in [1.807, 2.05) is 0 Å². The van der Waals surface area contributed by atoms with E-state index in [0.717, 1.165) is 55.2 Å². The normalized spacial score (nSPS) is 18.7. The van der Waals surface area contributed by atoms with Crippen LogP contribution in [0.25, 0.3) is 0 Å². The topological polar surface area (TPSA) is 83.9 Å². The molecule has 0 amide bonds. The van der Waals surface area contributed by atoms with Crippen LogP contribution in [0.15, 0.2) is 42.2 Å². The minimum atomic E-state index is -0.598. The van der Waals surface area contributed by atoms with Crippen molar-refractivity contribution in [3.8, 4) is 11.5 Å². The fraction of sp³-hybridized carbons (Fsp3) is 0.586. The first-order chi connectivity index (χ1) is 19.5. The maximum atomic E-state index is 10.5. The lowest BCUT2D eigenvalue weighted by Gasteiger charge is -2.30. The summed E-state index contributed by atoms with van der Waals surface area (Å²) in [6.07, 6.45) is -1.20. The first kappa shape index (κ1) is 33.6. The van der Waals surface area contributed by atoms with Crippen LogP contribution in [0.5, 0.6) is 11.5 Å². The van der Waals surface area contributed by atoms with Gasteiger partial charge in [-0.2, -0.15) is 0 Å². The number of morpholine rings is 2. The third kappa shape index (κ3) is 9.36. The number of nitrogens with zero attached hydrogens (tertiary/aromatic N) is 2. The molecule has 2 N–H and O–H groups in total. The van der Waals surface area contributed by atoms with E-state index >= 15 is 0 Å². The lowest BCUT2D eigenvalue weighted by Crippen LogP contribution is -2.42. The van der Waals surface area contributed by atoms with Gasteiger partial charge in [0.25, 0.3) is 0 Å². The third-order valence-electron chi connectivity index (χ3n) is 7.43. The van der Waals surface area contributed by atoms with Gasteiger partial charge in [0, 0.05) is 44.7 Å². The highest BCUT2D eigenvalue weighted by Gasteiger charge is 2.28. The van der Waals surface area contributed by atoms with Crippen LogP contribution < -0.4 is 9.47 Å². The average molecular weight is 830 g/mol. The van der Waals surface area contributed by atoms with Crippen LogP contribution in [-0.2, 0) is 14.9 Å². The van der Waals surface area contributed by atoms with E-state index < -0.39 is 12.2 Å². The number of halogens is 4. The predicted molar refractivity (Wildman–Crippen MR) is 173 cm³/mol. The van der Waals surface area contributed by atoms with Crippen LogP contribution in [0.3, 0.4) is 0 Å². The van der Waals surface area contributed by atoms with Crippen LogP contribution >= 0.6 is 63.7 Å². The van der Waals surface area contributed by atoms with E-state index in [0.29, 0.717) is 51.0 Å². The molecule has 0 radical (unpaired) electrons. The lowest BCUT2D eigenvalue weighted by molar-refractivity contribution is 0.00439. The molecular formula is C29H38Br4N2O6. The summed E-state index contributed by atoms with van der Waals surface area (Å²) in [6.45, 7) is 11.9. The summed E-state index contributed by atoms with van der Waals surface area (Å²) in [5.74, 6) is 1.32. The van der Waals surface area contributed by atoms with Gasteiger partial charge in [0.15, 0.2) is 0 Å². The molecule has 4 rings (SSSR count). The zero-order chi connectivity index (χ0) is 29.6. The minimum absolute atomic E-state index is 0.194. The molecule has 2 aliphatic heterocycles. The Morgan fingerprint density at radius 3 is 1.32 bits per heavy atom. The monoisotopic (exact) mass is 826 g/mol. The van der Waals surface area contributed by atoms with Crippen molar-refractivity contribution >= 4 is 63.7 Å². The quantitative estimate of drug-likeness (QED) is 0.302. The second-order valence-electron chi connectivity index (χ2n) is 10.9. The van der Waals surface area contributed by atoms with Gasteiger partial charge < -0.3 is 29.2 Å². The van der Waals surface area contributed by atoms with Crippen LogP contribution in [0.4, 0.5) is 0 Å². The van der Waals surface area contributed by atoms with Crippen molar-refractivity contribution in [3.63, 3.8) is 0 Å². The van der Waals surface area contributed by atoms with Crippen molar-refractivity contribution in [1.29, 1.82) is 0 Å². The van der Waals surface area contributed by atoms with E-state index in [4.69, 9.17) is 18.9 Å². The minimum Gasteiger partial charge on any atom is -0.488 e. The fourth-order valence-corrected chi connectivity index (χ4v) is 7.74. The molecule has 0 aliphatic carbocycles. The van der Waals surface area contributed by atoms with Crippen LogP contribution in [0.1, 0.15) is 25.0 Å². The molecule has 2 saturated heterocycles. The molecule has 8 nitrogen and oxygen atoms in total. The molecule has 2 atom stereocenters. The Kier molecular flexibility index (Phi) is 12.8. The molecule has 41 heavy (non-hydrogen) atoms. The molecule has 0 spiro atoms. The van der Waals surface area contributed by atoms with Gasteiger partial charge in [-0.05, 0) is 99.1 Å². The molecule has 2 heterocycles. The number of aliphatic hydroxyl groups is 2. The summed E-state index contributed by atoms with van der Waals surface area (Å²) in [4.78, 5) is 4.38. The molecule has 2 aliphatic rings. The molecule has 0 unspecified atom stereocenters. The second kappa shape index (κ2) is 15.6. The first-order valence-electron chi connectivity index (χ1n) is 13.8. The number of benzene rings is 2. The Hall–Kier alpha value is -0.280. The zero-order valence-corrected chi connectivity index (χ0v) is 29.7. The van der Waals surface area contributed by atoms with Crippen molar-refractivity contribution in [2.75, 3.05) is 78.9 Å². The molecule has 0 bridgehead atoms. The average Bonchev–Trinajstić information content (AvgIpc) is 2.93. The summed E-state index contributed by atoms with van der Waals surface area (Å²) in [7, 11) is 0. The van der Waals surface area contributed by atoms with E-state index in [-0.39, 0.29) is 18.6 Å². The number of ether oxygens (including phenoxy) is 4. The molecule has 228 valence electrons. The third-order valence-corrected chi connectivity index (χ3v) is 9.78. The summed E-state index contributed by atoms with van der Waals surface area (Å²) in [5.41, 5.74) is 1.79. The molecular weight excluding hydrogens is 792 g/mol. The maximum Gasteiger partial charge on any atom is 0.147 e. The predicted octanol–water partition coefficient (Wildman–Crippen LogP) is 5.21. The largest absolute Gasteiger partial charge is 0.488 e. The van der Waals surface area contributed by atoms with E-state index in [1.54, 1.807) is 0 Å². The molecule has 2 aromatic rings. The van der Waals surface area contributed by atoms with Crippen molar-refractivity contribution < 1.29 is 29.2 Å². The Balaban J connectivity index is 1.40. The van der Waals surface area contributed by atoms with Gasteiger partial charge in [0.05, 0.1) is 44.3 Å². The molecule has 12 heteroatoms. The van der Waals surface area contributed by atoms with E-state index in [2.05, 4.69) is 112 Å². The van der Waals surface area contributed by atoms with Crippen LogP contribution in [0, 0.1) is 0 Å². The standard InChI is InChI=1S/C29H38Br4N2O6/c1-29(2,19-11-23(30)27(24(31)12-19)40-17-21(36)15-34-3-7-38-8-4-34)20-13-25(32)28(26(33)14-20)41-18-22(37)16-35-5-9-39-10-6-35/h11-14,21-22,36-37H,3-10,15-18H2,1-2H3/t21-,22-/m0/s1. The highest BCUT2D eigenvalue weighted by Crippen LogP contribution is 2.44. The van der Waals surface area contributed by atoms with Crippen molar-refractivity contribution in [1.82, 2.24) is 9.80 Å². The lowest BCUT2D eigenvalue weighted by atomic mass is 9.78. The smallest absolute Gasteiger partial charge is 0.147 e. The van der Waals surface area contributed by atoms with Gasteiger partial charge in [0.2, 0.25) is 0 Å². The summed E-state index contributed by atoms with van der Waals surface area (Å²) in [5, 5.41) is 21.0. The SMILES string of the molecule is CC(C)(c1cc(Br)c(OC[C@@H](O)CN2CCOCC2)c(Br)c1)c1cc(Br)c(OC[C@@H](O)CN2CCOCC2)c(Br)c1. The van der Waals surface area contributed by atoms with Gasteiger partial charge in [-0.3, -0.25) is 9.80 Å². The molecule has 0 aromatic heterocycles. The number of aliphatic hydroxyl groups excluding tert-OH is 2. The highest BCUT2D eigenvalue weighted by molar-refractivity contribution is 9.11. The first-order valence-corrected chi connectivity index (χ1v) is 16.9. The molecule has 2 aromatic carbocycles. The summed E-state index contributed by atoms with van der Waals surface area (Å²) >= 11 is 14.7. The number of hydrogen-bond donors (Lipinski definition) is 2.